The van der Waals surface area contributed by atoms with Gasteiger partial charge in [-0.3, -0.25) is 4.79 Å². The molecule has 1 amide bonds. The van der Waals surface area contributed by atoms with Crippen molar-refractivity contribution in [3.8, 4) is 27.8 Å². The van der Waals surface area contributed by atoms with Gasteiger partial charge in [-0.1, -0.05) is 12.1 Å². The fourth-order valence-electron chi connectivity index (χ4n) is 2.71. The van der Waals surface area contributed by atoms with E-state index in [1.165, 1.54) is 0 Å². The lowest BCUT2D eigenvalue weighted by atomic mass is 10.2. The fraction of sp³-hybridized carbons (Fsp3) is 0.0909. The van der Waals surface area contributed by atoms with Crippen LogP contribution in [0, 0.1) is 0 Å². The van der Waals surface area contributed by atoms with Crippen LogP contribution in [0.4, 0.5) is 5.69 Å². The third-order valence-corrected chi connectivity index (χ3v) is 5.72. The number of nitrogens with zero attached hydrogens (tertiary/aromatic N) is 1. The summed E-state index contributed by atoms with van der Waals surface area (Å²) < 4.78 is 11.1. The van der Waals surface area contributed by atoms with Crippen molar-refractivity contribution >= 4 is 34.3 Å². The molecular weight excluding hydrogens is 404 g/mol. The Morgan fingerprint density at radius 2 is 1.83 bits per heavy atom. The highest BCUT2D eigenvalue weighted by molar-refractivity contribution is 7.14. The maximum Gasteiger partial charge on any atom is 0.230 e. The van der Waals surface area contributed by atoms with Crippen LogP contribution in [0.5, 0.6) is 17.2 Å². The SMILES string of the molecule is COc1ccccc1Oc1ccc(NC(=O)Cc2csc(-c3ccsc3)n2)cc1. The second-order valence-corrected chi connectivity index (χ2v) is 7.80. The average molecular weight is 423 g/mol. The Balaban J connectivity index is 1.35. The minimum absolute atomic E-state index is 0.106. The molecule has 0 aliphatic heterocycles. The van der Waals surface area contributed by atoms with E-state index in [-0.39, 0.29) is 12.3 Å². The van der Waals surface area contributed by atoms with E-state index in [4.69, 9.17) is 9.47 Å². The molecule has 0 bridgehead atoms. The molecular formula is C22H18N2O3S2. The summed E-state index contributed by atoms with van der Waals surface area (Å²) in [4.78, 5) is 16.9. The van der Waals surface area contributed by atoms with Gasteiger partial charge in [-0.05, 0) is 47.8 Å². The number of hydrogen-bond donors (Lipinski definition) is 1. The highest BCUT2D eigenvalue weighted by Gasteiger charge is 2.10. The minimum atomic E-state index is -0.106. The first-order chi connectivity index (χ1) is 14.2. The zero-order chi connectivity index (χ0) is 20.1. The smallest absolute Gasteiger partial charge is 0.230 e. The molecule has 5 nitrogen and oxygen atoms in total. The average Bonchev–Trinajstić information content (AvgIpc) is 3.42. The van der Waals surface area contributed by atoms with Gasteiger partial charge < -0.3 is 14.8 Å². The van der Waals surface area contributed by atoms with Crippen LogP contribution < -0.4 is 14.8 Å². The van der Waals surface area contributed by atoms with Crippen molar-refractivity contribution in [1.82, 2.24) is 4.98 Å². The van der Waals surface area contributed by atoms with E-state index >= 15 is 0 Å². The molecule has 0 aliphatic rings. The van der Waals surface area contributed by atoms with Crippen LogP contribution in [0.2, 0.25) is 0 Å². The van der Waals surface area contributed by atoms with E-state index in [1.807, 2.05) is 41.1 Å². The first-order valence-corrected chi connectivity index (χ1v) is 10.7. The topological polar surface area (TPSA) is 60.5 Å². The summed E-state index contributed by atoms with van der Waals surface area (Å²) in [5, 5.41) is 9.83. The van der Waals surface area contributed by atoms with Crippen molar-refractivity contribution in [2.45, 2.75) is 6.42 Å². The normalized spacial score (nSPS) is 10.5. The van der Waals surface area contributed by atoms with Crippen LogP contribution in [0.1, 0.15) is 5.69 Å². The van der Waals surface area contributed by atoms with Crippen LogP contribution in [0.15, 0.2) is 70.7 Å². The maximum absolute atomic E-state index is 12.3. The first kappa shape index (κ1) is 19.2. The van der Waals surface area contributed by atoms with E-state index in [0.29, 0.717) is 22.9 Å². The van der Waals surface area contributed by atoms with Crippen LogP contribution in [-0.4, -0.2) is 18.0 Å². The molecule has 4 rings (SSSR count). The minimum Gasteiger partial charge on any atom is -0.493 e. The Labute approximate surface area is 176 Å². The fourth-order valence-corrected chi connectivity index (χ4v) is 4.24. The number of anilines is 1. The molecule has 0 saturated heterocycles. The van der Waals surface area contributed by atoms with Gasteiger partial charge in [-0.2, -0.15) is 11.3 Å². The number of aromatic nitrogens is 1. The molecule has 2 aromatic carbocycles. The molecule has 4 aromatic rings. The summed E-state index contributed by atoms with van der Waals surface area (Å²) in [6, 6.07) is 16.7. The van der Waals surface area contributed by atoms with Crippen molar-refractivity contribution in [2.24, 2.45) is 0 Å². The lowest BCUT2D eigenvalue weighted by molar-refractivity contribution is -0.115. The molecule has 1 N–H and O–H groups in total. The number of carbonyl (C=O) groups excluding carboxylic acids is 1. The number of methoxy groups -OCH3 is 1. The molecule has 0 atom stereocenters. The van der Waals surface area contributed by atoms with E-state index in [0.717, 1.165) is 16.3 Å². The van der Waals surface area contributed by atoms with Gasteiger partial charge in [0.25, 0.3) is 0 Å². The van der Waals surface area contributed by atoms with Crippen LogP contribution in [-0.2, 0) is 11.2 Å². The van der Waals surface area contributed by atoms with Gasteiger partial charge in [0.05, 0.1) is 19.2 Å². The Kier molecular flexibility index (Phi) is 5.88. The van der Waals surface area contributed by atoms with E-state index < -0.39 is 0 Å². The molecule has 146 valence electrons. The number of rotatable bonds is 7. The number of para-hydroxylation sites is 2. The van der Waals surface area contributed by atoms with Gasteiger partial charge in [0.2, 0.25) is 5.91 Å². The standard InChI is InChI=1S/C22H18N2O3S2/c1-26-19-4-2-3-5-20(19)27-18-8-6-16(7-9-18)23-21(25)12-17-14-29-22(24-17)15-10-11-28-13-15/h2-11,13-14H,12H2,1H3,(H,23,25). The van der Waals surface area contributed by atoms with Crippen molar-refractivity contribution in [2.75, 3.05) is 12.4 Å². The maximum atomic E-state index is 12.3. The quantitative estimate of drug-likeness (QED) is 0.406. The second-order valence-electron chi connectivity index (χ2n) is 6.16. The van der Waals surface area contributed by atoms with Crippen LogP contribution in [0.3, 0.4) is 0 Å². The molecule has 0 fully saturated rings. The number of amides is 1. The van der Waals surface area contributed by atoms with Gasteiger partial charge in [0, 0.05) is 22.0 Å². The highest BCUT2D eigenvalue weighted by Crippen LogP contribution is 2.31. The summed E-state index contributed by atoms with van der Waals surface area (Å²) in [6.45, 7) is 0. The van der Waals surface area contributed by atoms with E-state index in [2.05, 4.69) is 15.7 Å². The molecule has 0 saturated carbocycles. The van der Waals surface area contributed by atoms with Crippen molar-refractivity contribution in [1.29, 1.82) is 0 Å². The molecule has 29 heavy (non-hydrogen) atoms. The number of nitrogens with one attached hydrogen (secondary N) is 1. The number of benzene rings is 2. The van der Waals surface area contributed by atoms with Gasteiger partial charge >= 0.3 is 0 Å². The predicted molar refractivity (Wildman–Crippen MR) is 117 cm³/mol. The van der Waals surface area contributed by atoms with Gasteiger partial charge in [0.1, 0.15) is 10.8 Å². The lowest BCUT2D eigenvalue weighted by Gasteiger charge is -2.10. The Bertz CT molecular complexity index is 1090. The number of ether oxygens (including phenoxy) is 2. The van der Waals surface area contributed by atoms with Gasteiger partial charge in [0.15, 0.2) is 11.5 Å². The molecule has 7 heteroatoms. The summed E-state index contributed by atoms with van der Waals surface area (Å²) in [5.74, 6) is 1.85. The Morgan fingerprint density at radius 1 is 1.03 bits per heavy atom. The van der Waals surface area contributed by atoms with Crippen LogP contribution in [0.25, 0.3) is 10.6 Å². The Hall–Kier alpha value is -3.16. The number of thiophene rings is 1. The van der Waals surface area contributed by atoms with Crippen molar-refractivity contribution in [3.05, 3.63) is 76.4 Å². The Morgan fingerprint density at radius 3 is 2.55 bits per heavy atom. The summed E-state index contributed by atoms with van der Waals surface area (Å²) in [7, 11) is 1.60. The predicted octanol–water partition coefficient (Wildman–Crippen LogP) is 5.85. The molecule has 2 heterocycles. The van der Waals surface area contributed by atoms with Crippen LogP contribution >= 0.6 is 22.7 Å². The lowest BCUT2D eigenvalue weighted by Crippen LogP contribution is -2.14. The molecule has 0 radical (unpaired) electrons. The summed E-state index contributed by atoms with van der Waals surface area (Å²) in [6.07, 6.45) is 0.236. The molecule has 2 aromatic heterocycles. The third kappa shape index (κ3) is 4.82. The van der Waals surface area contributed by atoms with Crippen molar-refractivity contribution in [3.63, 3.8) is 0 Å². The highest BCUT2D eigenvalue weighted by atomic mass is 32.1. The third-order valence-electron chi connectivity index (χ3n) is 4.10. The van der Waals surface area contributed by atoms with E-state index in [9.17, 15) is 4.79 Å². The first-order valence-electron chi connectivity index (χ1n) is 8.89. The van der Waals surface area contributed by atoms with Gasteiger partial charge in [-0.25, -0.2) is 4.98 Å². The zero-order valence-electron chi connectivity index (χ0n) is 15.6. The molecule has 0 unspecified atom stereocenters. The summed E-state index contributed by atoms with van der Waals surface area (Å²) in [5.41, 5.74) is 2.57. The van der Waals surface area contributed by atoms with Crippen molar-refractivity contribution < 1.29 is 14.3 Å². The monoisotopic (exact) mass is 422 g/mol. The largest absolute Gasteiger partial charge is 0.493 e. The summed E-state index contributed by atoms with van der Waals surface area (Å²) >= 11 is 3.18. The number of thiazole rings is 1. The van der Waals surface area contributed by atoms with E-state index in [1.54, 1.807) is 54.0 Å². The molecule has 0 aliphatic carbocycles. The zero-order valence-corrected chi connectivity index (χ0v) is 17.3. The molecule has 0 spiro atoms. The second kappa shape index (κ2) is 8.89. The number of carbonyl (C=O) groups is 1. The van der Waals surface area contributed by atoms with Gasteiger partial charge in [-0.15, -0.1) is 11.3 Å². The number of hydrogen-bond acceptors (Lipinski definition) is 6.